The highest BCUT2D eigenvalue weighted by molar-refractivity contribution is 5.85. The third kappa shape index (κ3) is 4.51. The van der Waals surface area contributed by atoms with Crippen molar-refractivity contribution in [3.8, 4) is 0 Å². The Labute approximate surface area is 102 Å². The van der Waals surface area contributed by atoms with Gasteiger partial charge in [-0.3, -0.25) is 9.59 Å². The van der Waals surface area contributed by atoms with E-state index in [0.717, 1.165) is 4.90 Å². The number of rotatable bonds is 6. The van der Waals surface area contributed by atoms with Crippen LogP contribution >= 0.6 is 0 Å². The number of amides is 3. The summed E-state index contributed by atoms with van der Waals surface area (Å²) in [5.41, 5.74) is 5.39. The van der Waals surface area contributed by atoms with Crippen LogP contribution in [0.3, 0.4) is 0 Å². The van der Waals surface area contributed by atoms with E-state index >= 15 is 0 Å². The molecule has 0 bridgehead atoms. The van der Waals surface area contributed by atoms with E-state index in [1.807, 2.05) is 0 Å². The van der Waals surface area contributed by atoms with Crippen LogP contribution in [0.2, 0.25) is 0 Å². The van der Waals surface area contributed by atoms with Crippen molar-refractivity contribution in [1.29, 1.82) is 0 Å². The molecule has 0 radical (unpaired) electrons. The Morgan fingerprint density at radius 2 is 2.17 bits per heavy atom. The Hall–Kier alpha value is -2.58. The maximum Gasteiger partial charge on any atom is 0.323 e. The standard InChI is InChI=1S/C9H12N4O5/c10-7(14)4-13(5-8(15)16)9(17)11-3-6-1-2-18-12-6/h1-2H,3-5H2,(H2,10,14)(H,11,17)(H,15,16). The molecule has 9 nitrogen and oxygen atoms in total. The van der Waals surface area contributed by atoms with Gasteiger partial charge >= 0.3 is 12.0 Å². The second-order valence-electron chi connectivity index (χ2n) is 3.37. The average Bonchev–Trinajstić information content (AvgIpc) is 2.76. The Kier molecular flexibility index (Phi) is 4.67. The summed E-state index contributed by atoms with van der Waals surface area (Å²) < 4.78 is 4.55. The average molecular weight is 256 g/mol. The van der Waals surface area contributed by atoms with Crippen LogP contribution in [0, 0.1) is 0 Å². The van der Waals surface area contributed by atoms with Crippen LogP contribution in [0.15, 0.2) is 16.9 Å². The van der Waals surface area contributed by atoms with Crippen LogP contribution in [0.5, 0.6) is 0 Å². The molecule has 18 heavy (non-hydrogen) atoms. The summed E-state index contributed by atoms with van der Waals surface area (Å²) in [6.07, 6.45) is 1.33. The largest absolute Gasteiger partial charge is 0.480 e. The molecule has 0 saturated carbocycles. The molecule has 0 spiro atoms. The van der Waals surface area contributed by atoms with Crippen molar-refractivity contribution in [3.63, 3.8) is 0 Å². The normalized spacial score (nSPS) is 9.78. The lowest BCUT2D eigenvalue weighted by atomic mass is 10.4. The summed E-state index contributed by atoms with van der Waals surface area (Å²) in [4.78, 5) is 33.6. The first-order chi connectivity index (χ1) is 8.49. The Morgan fingerprint density at radius 1 is 1.44 bits per heavy atom. The first-order valence-electron chi connectivity index (χ1n) is 4.91. The highest BCUT2D eigenvalue weighted by Gasteiger charge is 2.18. The van der Waals surface area contributed by atoms with Gasteiger partial charge in [0.1, 0.15) is 25.0 Å². The molecule has 4 N–H and O–H groups in total. The lowest BCUT2D eigenvalue weighted by Gasteiger charge is -2.18. The van der Waals surface area contributed by atoms with E-state index in [0.29, 0.717) is 5.69 Å². The fraction of sp³-hybridized carbons (Fsp3) is 0.333. The lowest BCUT2D eigenvalue weighted by Crippen LogP contribution is -2.46. The zero-order valence-electron chi connectivity index (χ0n) is 9.33. The minimum absolute atomic E-state index is 0.0597. The topological polar surface area (TPSA) is 139 Å². The first kappa shape index (κ1) is 13.5. The van der Waals surface area contributed by atoms with E-state index in [4.69, 9.17) is 10.8 Å². The molecule has 0 atom stereocenters. The van der Waals surface area contributed by atoms with Gasteiger partial charge in [0, 0.05) is 6.07 Å². The molecule has 0 fully saturated rings. The maximum absolute atomic E-state index is 11.6. The van der Waals surface area contributed by atoms with Gasteiger partial charge in [0.05, 0.1) is 6.54 Å². The minimum Gasteiger partial charge on any atom is -0.480 e. The van der Waals surface area contributed by atoms with Crippen LogP contribution in [-0.2, 0) is 16.1 Å². The molecular formula is C9H12N4O5. The van der Waals surface area contributed by atoms with Crippen LogP contribution < -0.4 is 11.1 Å². The third-order valence-electron chi connectivity index (χ3n) is 1.87. The summed E-state index contributed by atoms with van der Waals surface area (Å²) in [6.45, 7) is -1.03. The van der Waals surface area contributed by atoms with Crippen molar-refractivity contribution in [2.45, 2.75) is 6.54 Å². The number of nitrogens with one attached hydrogen (secondary N) is 1. The Bertz CT molecular complexity index is 414. The smallest absolute Gasteiger partial charge is 0.323 e. The molecule has 1 aromatic rings. The maximum atomic E-state index is 11.6. The predicted molar refractivity (Wildman–Crippen MR) is 57.1 cm³/mol. The SMILES string of the molecule is NC(=O)CN(CC(=O)O)C(=O)NCc1ccon1. The van der Waals surface area contributed by atoms with E-state index in [9.17, 15) is 14.4 Å². The molecule has 0 aliphatic rings. The van der Waals surface area contributed by atoms with E-state index in [1.54, 1.807) is 0 Å². The van der Waals surface area contributed by atoms with Crippen molar-refractivity contribution in [1.82, 2.24) is 15.4 Å². The number of carboxylic acids is 1. The van der Waals surface area contributed by atoms with Crippen LogP contribution in [-0.4, -0.2) is 46.2 Å². The van der Waals surface area contributed by atoms with Crippen molar-refractivity contribution in [3.05, 3.63) is 18.0 Å². The van der Waals surface area contributed by atoms with Gasteiger partial charge < -0.3 is 25.6 Å². The summed E-state index contributed by atoms with van der Waals surface area (Å²) in [7, 11) is 0. The van der Waals surface area contributed by atoms with Crippen LogP contribution in [0.1, 0.15) is 5.69 Å². The van der Waals surface area contributed by atoms with Crippen LogP contribution in [0.4, 0.5) is 4.79 Å². The quantitative estimate of drug-likeness (QED) is 0.581. The molecule has 0 aromatic carbocycles. The molecule has 1 rings (SSSR count). The van der Waals surface area contributed by atoms with E-state index in [-0.39, 0.29) is 6.54 Å². The van der Waals surface area contributed by atoms with Gasteiger partial charge in [0.2, 0.25) is 5.91 Å². The molecule has 1 aromatic heterocycles. The van der Waals surface area contributed by atoms with Crippen molar-refractivity contribution in [2.24, 2.45) is 5.73 Å². The number of hydrogen-bond donors (Lipinski definition) is 3. The number of urea groups is 1. The second kappa shape index (κ2) is 6.23. The predicted octanol–water partition coefficient (Wildman–Crippen LogP) is -1.24. The van der Waals surface area contributed by atoms with Crippen molar-refractivity contribution >= 4 is 17.9 Å². The fourth-order valence-electron chi connectivity index (χ4n) is 1.16. The van der Waals surface area contributed by atoms with Gasteiger partial charge in [0.15, 0.2) is 0 Å². The van der Waals surface area contributed by atoms with E-state index in [1.165, 1.54) is 12.3 Å². The number of aromatic nitrogens is 1. The molecule has 0 saturated heterocycles. The number of hydrogen-bond acceptors (Lipinski definition) is 5. The Balaban J connectivity index is 2.52. The van der Waals surface area contributed by atoms with Gasteiger partial charge in [-0.25, -0.2) is 4.79 Å². The summed E-state index contributed by atoms with van der Waals surface area (Å²) in [5.74, 6) is -2.04. The number of aliphatic carboxylic acids is 1. The van der Waals surface area contributed by atoms with Gasteiger partial charge in [-0.05, 0) is 0 Å². The first-order valence-corrected chi connectivity index (χ1v) is 4.91. The molecule has 9 heteroatoms. The van der Waals surface area contributed by atoms with Crippen LogP contribution in [0.25, 0.3) is 0 Å². The number of nitrogens with two attached hydrogens (primary N) is 1. The number of primary amides is 1. The summed E-state index contributed by atoms with van der Waals surface area (Å²) >= 11 is 0. The van der Waals surface area contributed by atoms with Gasteiger partial charge in [-0.2, -0.15) is 0 Å². The fourth-order valence-corrected chi connectivity index (χ4v) is 1.16. The second-order valence-corrected chi connectivity index (χ2v) is 3.37. The highest BCUT2D eigenvalue weighted by atomic mass is 16.5. The molecule has 0 aliphatic heterocycles. The van der Waals surface area contributed by atoms with E-state index < -0.39 is 31.0 Å². The Morgan fingerprint density at radius 3 is 2.67 bits per heavy atom. The van der Waals surface area contributed by atoms with E-state index in [2.05, 4.69) is 15.0 Å². The number of carbonyl (C=O) groups is 3. The summed E-state index contributed by atoms with van der Waals surface area (Å²) in [6, 6.07) is 0.815. The van der Waals surface area contributed by atoms with Gasteiger partial charge in [-0.1, -0.05) is 5.16 Å². The molecule has 1 heterocycles. The van der Waals surface area contributed by atoms with Crippen molar-refractivity contribution in [2.75, 3.05) is 13.1 Å². The van der Waals surface area contributed by atoms with Gasteiger partial charge in [-0.15, -0.1) is 0 Å². The number of nitrogens with zero attached hydrogens (tertiary/aromatic N) is 2. The molecule has 98 valence electrons. The molecule has 0 aliphatic carbocycles. The zero-order valence-corrected chi connectivity index (χ0v) is 9.33. The lowest BCUT2D eigenvalue weighted by molar-refractivity contribution is -0.137. The molecular weight excluding hydrogens is 244 g/mol. The monoisotopic (exact) mass is 256 g/mol. The minimum atomic E-state index is -1.24. The molecule has 3 amide bonds. The highest BCUT2D eigenvalue weighted by Crippen LogP contribution is 1.95. The number of carbonyl (C=O) groups excluding carboxylic acids is 2. The molecule has 0 unspecified atom stereocenters. The number of carboxylic acid groups (broad SMARTS) is 1. The summed E-state index contributed by atoms with van der Waals surface area (Å²) in [5, 5.41) is 14.5. The van der Waals surface area contributed by atoms with Crippen molar-refractivity contribution < 1.29 is 24.0 Å². The third-order valence-corrected chi connectivity index (χ3v) is 1.87. The van der Waals surface area contributed by atoms with Gasteiger partial charge in [0.25, 0.3) is 0 Å². The zero-order chi connectivity index (χ0) is 13.5.